The van der Waals surface area contributed by atoms with Gasteiger partial charge in [-0.15, -0.1) is 0 Å². The van der Waals surface area contributed by atoms with Gasteiger partial charge in [-0.25, -0.2) is 0 Å². The Kier molecular flexibility index (Phi) is 2.36. The molecule has 0 bridgehead atoms. The van der Waals surface area contributed by atoms with E-state index in [0.717, 1.165) is 0 Å². The highest BCUT2D eigenvalue weighted by Gasteiger charge is 2.44. The molecule has 1 aliphatic rings. The largest absolute Gasteiger partial charge is 0.305 e. The summed E-state index contributed by atoms with van der Waals surface area (Å²) in [5, 5.41) is 3.67. The van der Waals surface area contributed by atoms with E-state index in [1.54, 1.807) is 0 Å². The predicted octanol–water partition coefficient (Wildman–Crippen LogP) is 2.98. The number of aryl methyl sites for hydroxylation is 1. The Morgan fingerprint density at radius 1 is 1.29 bits per heavy atom. The number of nitrogens with one attached hydrogen (secondary N) is 1. The van der Waals surface area contributed by atoms with Crippen molar-refractivity contribution < 1.29 is 0 Å². The highest BCUT2D eigenvalue weighted by atomic mass is 15.0. The van der Waals surface area contributed by atoms with Gasteiger partial charge >= 0.3 is 0 Å². The molecule has 0 spiro atoms. The molecule has 0 saturated heterocycles. The van der Waals surface area contributed by atoms with Crippen molar-refractivity contribution in [3.8, 4) is 0 Å². The third kappa shape index (κ3) is 1.83. The van der Waals surface area contributed by atoms with Crippen molar-refractivity contribution in [1.29, 1.82) is 0 Å². The lowest BCUT2D eigenvalue weighted by Gasteiger charge is -2.21. The Hall–Kier alpha value is -0.820. The molecule has 1 saturated carbocycles. The molecule has 0 aliphatic heterocycles. The van der Waals surface area contributed by atoms with Gasteiger partial charge in [-0.1, -0.05) is 43.7 Å². The molecule has 2 rings (SSSR count). The molecular weight excluding hydrogens is 170 g/mol. The summed E-state index contributed by atoms with van der Waals surface area (Å²) in [6, 6.07) is 9.44. The van der Waals surface area contributed by atoms with Gasteiger partial charge in [0.05, 0.1) is 0 Å². The molecule has 0 heterocycles. The minimum atomic E-state index is 0.306. The van der Waals surface area contributed by atoms with Crippen LogP contribution in [0.2, 0.25) is 0 Å². The normalized spacial score (nSPS) is 18.6. The molecule has 1 N–H and O–H groups in total. The van der Waals surface area contributed by atoms with Gasteiger partial charge in [0.25, 0.3) is 0 Å². The van der Waals surface area contributed by atoms with Crippen molar-refractivity contribution >= 4 is 0 Å². The van der Waals surface area contributed by atoms with Crippen LogP contribution in [-0.2, 0) is 5.54 Å². The number of hydrogen-bond acceptors (Lipinski definition) is 1. The van der Waals surface area contributed by atoms with Gasteiger partial charge in [-0.3, -0.25) is 0 Å². The average Bonchev–Trinajstić information content (AvgIpc) is 2.84. The van der Waals surface area contributed by atoms with Crippen molar-refractivity contribution in [2.45, 2.75) is 45.2 Å². The summed E-state index contributed by atoms with van der Waals surface area (Å²) in [5.41, 5.74) is 3.13. The summed E-state index contributed by atoms with van der Waals surface area (Å²) in [4.78, 5) is 0. The van der Waals surface area contributed by atoms with Gasteiger partial charge in [0, 0.05) is 11.6 Å². The van der Waals surface area contributed by atoms with Crippen molar-refractivity contribution in [1.82, 2.24) is 5.32 Å². The highest BCUT2D eigenvalue weighted by molar-refractivity contribution is 5.33. The van der Waals surface area contributed by atoms with Crippen LogP contribution in [0.1, 0.15) is 37.8 Å². The Labute approximate surface area is 86.5 Å². The number of hydrogen-bond donors (Lipinski definition) is 1. The third-order valence-electron chi connectivity index (χ3n) is 2.89. The minimum Gasteiger partial charge on any atom is -0.305 e. The van der Waals surface area contributed by atoms with Crippen LogP contribution in [0.15, 0.2) is 24.3 Å². The van der Waals surface area contributed by atoms with Crippen molar-refractivity contribution in [3.63, 3.8) is 0 Å². The van der Waals surface area contributed by atoms with Crippen LogP contribution >= 0.6 is 0 Å². The molecule has 76 valence electrons. The van der Waals surface area contributed by atoms with Gasteiger partial charge in [-0.05, 0) is 25.3 Å². The monoisotopic (exact) mass is 189 g/mol. The molecule has 0 radical (unpaired) electrons. The molecule has 0 atom stereocenters. The summed E-state index contributed by atoms with van der Waals surface area (Å²) in [7, 11) is 0. The van der Waals surface area contributed by atoms with Gasteiger partial charge in [0.2, 0.25) is 0 Å². The van der Waals surface area contributed by atoms with Crippen LogP contribution in [-0.4, -0.2) is 6.04 Å². The predicted molar refractivity (Wildman–Crippen MR) is 60.4 cm³/mol. The molecular formula is C13H19N. The second-order valence-electron chi connectivity index (χ2n) is 4.75. The standard InChI is InChI=1S/C13H19N/c1-10(2)14-13(7-8-13)12-6-4-5-11(3)9-12/h4-6,9-10,14H,7-8H2,1-3H3. The highest BCUT2D eigenvalue weighted by Crippen LogP contribution is 2.45. The first-order chi connectivity index (χ1) is 6.62. The number of rotatable bonds is 3. The molecule has 1 aromatic rings. The maximum absolute atomic E-state index is 3.67. The quantitative estimate of drug-likeness (QED) is 0.770. The maximum Gasteiger partial charge on any atom is 0.0438 e. The molecule has 0 unspecified atom stereocenters. The van der Waals surface area contributed by atoms with E-state index in [0.29, 0.717) is 11.6 Å². The Bertz CT molecular complexity index is 324. The fraction of sp³-hybridized carbons (Fsp3) is 0.538. The zero-order valence-corrected chi connectivity index (χ0v) is 9.30. The minimum absolute atomic E-state index is 0.306. The van der Waals surface area contributed by atoms with E-state index < -0.39 is 0 Å². The van der Waals surface area contributed by atoms with Gasteiger partial charge < -0.3 is 5.32 Å². The van der Waals surface area contributed by atoms with E-state index in [1.807, 2.05) is 0 Å². The second kappa shape index (κ2) is 3.39. The van der Waals surface area contributed by atoms with Gasteiger partial charge in [0.15, 0.2) is 0 Å². The van der Waals surface area contributed by atoms with Gasteiger partial charge in [-0.2, -0.15) is 0 Å². The SMILES string of the molecule is Cc1cccc(C2(NC(C)C)CC2)c1. The Balaban J connectivity index is 2.22. The van der Waals surface area contributed by atoms with E-state index in [1.165, 1.54) is 24.0 Å². The first-order valence-electron chi connectivity index (χ1n) is 5.47. The lowest BCUT2D eigenvalue weighted by Crippen LogP contribution is -2.34. The summed E-state index contributed by atoms with van der Waals surface area (Å²) in [6.45, 7) is 6.60. The zero-order chi connectivity index (χ0) is 10.2. The molecule has 0 aromatic heterocycles. The lowest BCUT2D eigenvalue weighted by molar-refractivity contribution is 0.461. The van der Waals surface area contributed by atoms with Crippen molar-refractivity contribution in [3.05, 3.63) is 35.4 Å². The molecule has 0 amide bonds. The molecule has 1 aromatic carbocycles. The van der Waals surface area contributed by atoms with E-state index in [2.05, 4.69) is 50.4 Å². The third-order valence-corrected chi connectivity index (χ3v) is 2.89. The van der Waals surface area contributed by atoms with Crippen LogP contribution in [0, 0.1) is 6.92 Å². The first-order valence-corrected chi connectivity index (χ1v) is 5.47. The summed E-state index contributed by atoms with van der Waals surface area (Å²) in [6.07, 6.45) is 2.57. The molecule has 1 aliphatic carbocycles. The zero-order valence-electron chi connectivity index (χ0n) is 9.30. The summed E-state index contributed by atoms with van der Waals surface area (Å²) < 4.78 is 0. The molecule has 14 heavy (non-hydrogen) atoms. The van der Waals surface area contributed by atoms with E-state index >= 15 is 0 Å². The van der Waals surface area contributed by atoms with E-state index in [9.17, 15) is 0 Å². The molecule has 1 heteroatoms. The Morgan fingerprint density at radius 2 is 2.00 bits per heavy atom. The topological polar surface area (TPSA) is 12.0 Å². The second-order valence-corrected chi connectivity index (χ2v) is 4.75. The van der Waals surface area contributed by atoms with Crippen LogP contribution < -0.4 is 5.32 Å². The Morgan fingerprint density at radius 3 is 2.50 bits per heavy atom. The van der Waals surface area contributed by atoms with Crippen molar-refractivity contribution in [2.75, 3.05) is 0 Å². The number of benzene rings is 1. The van der Waals surface area contributed by atoms with E-state index in [4.69, 9.17) is 0 Å². The fourth-order valence-electron chi connectivity index (χ4n) is 2.14. The van der Waals surface area contributed by atoms with Crippen LogP contribution in [0.4, 0.5) is 0 Å². The van der Waals surface area contributed by atoms with E-state index in [-0.39, 0.29) is 0 Å². The summed E-state index contributed by atoms with van der Waals surface area (Å²) in [5.74, 6) is 0. The average molecular weight is 189 g/mol. The molecule has 1 fully saturated rings. The van der Waals surface area contributed by atoms with Crippen LogP contribution in [0.5, 0.6) is 0 Å². The first kappa shape index (κ1) is 9.72. The van der Waals surface area contributed by atoms with Crippen molar-refractivity contribution in [2.24, 2.45) is 0 Å². The fourth-order valence-corrected chi connectivity index (χ4v) is 2.14. The lowest BCUT2D eigenvalue weighted by atomic mass is 10.0. The van der Waals surface area contributed by atoms with Crippen LogP contribution in [0.3, 0.4) is 0 Å². The summed E-state index contributed by atoms with van der Waals surface area (Å²) >= 11 is 0. The molecule has 1 nitrogen and oxygen atoms in total. The smallest absolute Gasteiger partial charge is 0.0438 e. The van der Waals surface area contributed by atoms with Gasteiger partial charge in [0.1, 0.15) is 0 Å². The maximum atomic E-state index is 3.67. The van der Waals surface area contributed by atoms with Crippen LogP contribution in [0.25, 0.3) is 0 Å².